The van der Waals surface area contributed by atoms with Crippen molar-refractivity contribution >= 4 is 64.4 Å². The summed E-state index contributed by atoms with van der Waals surface area (Å²) in [6.45, 7) is 0. The van der Waals surface area contributed by atoms with Crippen LogP contribution in [-0.2, 0) is 19.1 Å². The SMILES string of the molecule is CN(C)c1ncccc1C=C1N=C(c2cccs2)OC1=O.COc1cccc(C=C2N=C(c3cccs3)OC2=O)n1. The normalized spacial score (nSPS) is 16.1. The smallest absolute Gasteiger partial charge is 0.363 e. The fourth-order valence-corrected chi connectivity index (χ4v) is 4.94. The molecule has 0 atom stereocenters. The number of thiophene rings is 2. The van der Waals surface area contributed by atoms with Crippen LogP contribution in [0.5, 0.6) is 5.88 Å². The molecule has 0 aliphatic carbocycles. The molecule has 206 valence electrons. The van der Waals surface area contributed by atoms with Crippen molar-refractivity contribution in [1.29, 1.82) is 0 Å². The van der Waals surface area contributed by atoms with Gasteiger partial charge in [-0.25, -0.2) is 29.5 Å². The summed E-state index contributed by atoms with van der Waals surface area (Å²) in [5.41, 5.74) is 1.93. The van der Waals surface area contributed by atoms with E-state index >= 15 is 0 Å². The molecule has 4 aromatic heterocycles. The van der Waals surface area contributed by atoms with E-state index in [0.29, 0.717) is 23.4 Å². The summed E-state index contributed by atoms with van der Waals surface area (Å²) < 4.78 is 15.4. The first-order valence-electron chi connectivity index (χ1n) is 12.2. The summed E-state index contributed by atoms with van der Waals surface area (Å²) in [5, 5.41) is 3.82. The zero-order valence-corrected chi connectivity index (χ0v) is 23.8. The lowest BCUT2D eigenvalue weighted by molar-refractivity contribution is -0.130. The van der Waals surface area contributed by atoms with Crippen LogP contribution in [0.1, 0.15) is 21.0 Å². The lowest BCUT2D eigenvalue weighted by atomic mass is 10.2. The highest BCUT2D eigenvalue weighted by atomic mass is 32.1. The molecule has 10 nitrogen and oxygen atoms in total. The van der Waals surface area contributed by atoms with Crippen molar-refractivity contribution < 1.29 is 23.8 Å². The molecule has 4 aromatic rings. The van der Waals surface area contributed by atoms with E-state index in [-0.39, 0.29) is 11.4 Å². The number of methoxy groups -OCH3 is 1. The fourth-order valence-electron chi connectivity index (χ4n) is 3.64. The minimum absolute atomic E-state index is 0.231. The van der Waals surface area contributed by atoms with E-state index in [9.17, 15) is 9.59 Å². The van der Waals surface area contributed by atoms with Gasteiger partial charge in [0.2, 0.25) is 17.7 Å². The molecular formula is C29H23N5O5S2. The second-order valence-corrected chi connectivity index (χ2v) is 10.4. The highest BCUT2D eigenvalue weighted by molar-refractivity contribution is 7.12. The Morgan fingerprint density at radius 1 is 0.805 bits per heavy atom. The average Bonchev–Trinajstić information content (AvgIpc) is 3.79. The predicted octanol–water partition coefficient (Wildman–Crippen LogP) is 5.05. The van der Waals surface area contributed by atoms with Crippen molar-refractivity contribution in [2.45, 2.75) is 0 Å². The quantitative estimate of drug-likeness (QED) is 0.228. The van der Waals surface area contributed by atoms with Crippen molar-refractivity contribution in [3.8, 4) is 5.88 Å². The van der Waals surface area contributed by atoms with Crippen molar-refractivity contribution in [2.24, 2.45) is 9.98 Å². The van der Waals surface area contributed by atoms with Crippen molar-refractivity contribution in [3.05, 3.63) is 104 Å². The van der Waals surface area contributed by atoms with Crippen LogP contribution in [-0.4, -0.2) is 54.9 Å². The minimum atomic E-state index is -0.474. The van der Waals surface area contributed by atoms with Gasteiger partial charge >= 0.3 is 11.9 Å². The maximum Gasteiger partial charge on any atom is 0.363 e. The van der Waals surface area contributed by atoms with Crippen LogP contribution in [0.15, 0.2) is 92.9 Å². The zero-order chi connectivity index (χ0) is 28.8. The number of aromatic nitrogens is 2. The van der Waals surface area contributed by atoms with Gasteiger partial charge in [0.25, 0.3) is 0 Å². The first-order chi connectivity index (χ1) is 19.9. The van der Waals surface area contributed by atoms with E-state index in [4.69, 9.17) is 14.2 Å². The number of ether oxygens (including phenoxy) is 3. The Balaban J connectivity index is 0.000000165. The highest BCUT2D eigenvalue weighted by Gasteiger charge is 2.26. The van der Waals surface area contributed by atoms with Gasteiger partial charge in [-0.1, -0.05) is 18.2 Å². The molecule has 0 saturated carbocycles. The van der Waals surface area contributed by atoms with Gasteiger partial charge in [-0.2, -0.15) is 0 Å². The average molecular weight is 586 g/mol. The maximum atomic E-state index is 11.9. The maximum absolute atomic E-state index is 11.9. The van der Waals surface area contributed by atoms with E-state index < -0.39 is 11.9 Å². The summed E-state index contributed by atoms with van der Waals surface area (Å²) in [4.78, 5) is 44.2. The monoisotopic (exact) mass is 585 g/mol. The zero-order valence-electron chi connectivity index (χ0n) is 22.2. The third-order valence-electron chi connectivity index (χ3n) is 5.48. The van der Waals surface area contributed by atoms with Gasteiger partial charge in [-0.3, -0.25) is 0 Å². The van der Waals surface area contributed by atoms with Gasteiger partial charge in [-0.05, 0) is 53.2 Å². The molecule has 41 heavy (non-hydrogen) atoms. The summed E-state index contributed by atoms with van der Waals surface area (Å²) in [6.07, 6.45) is 4.99. The number of cyclic esters (lactones) is 2. The molecule has 0 amide bonds. The van der Waals surface area contributed by atoms with Gasteiger partial charge in [0.1, 0.15) is 5.82 Å². The van der Waals surface area contributed by atoms with Crippen LogP contribution in [0.25, 0.3) is 12.2 Å². The number of aliphatic imine (C=N–C) groups is 2. The number of anilines is 1. The number of nitrogens with zero attached hydrogens (tertiary/aromatic N) is 5. The Morgan fingerprint density at radius 3 is 2.00 bits per heavy atom. The molecule has 0 N–H and O–H groups in total. The molecule has 2 aliphatic rings. The van der Waals surface area contributed by atoms with E-state index in [0.717, 1.165) is 21.1 Å². The molecule has 0 unspecified atom stereocenters. The molecule has 0 fully saturated rings. The first-order valence-corrected chi connectivity index (χ1v) is 13.9. The van der Waals surface area contributed by atoms with E-state index in [1.54, 1.807) is 36.5 Å². The van der Waals surface area contributed by atoms with E-state index in [1.807, 2.05) is 66.2 Å². The standard InChI is InChI=1S/C15H13N3O2S.C14H10N2O3S/c1-18(2)13-10(5-3-7-16-13)9-11-15(19)20-14(17-11)12-6-4-8-21-12;1-18-12-6-2-4-9(15-12)8-10-14(17)19-13(16-10)11-5-3-7-20-11/h3-9H,1-2H3;2-8H,1H3. The van der Waals surface area contributed by atoms with Crippen LogP contribution < -0.4 is 9.64 Å². The Morgan fingerprint density at radius 2 is 1.44 bits per heavy atom. The van der Waals surface area contributed by atoms with Crippen LogP contribution in [0.4, 0.5) is 5.82 Å². The number of rotatable bonds is 6. The molecule has 12 heteroatoms. The van der Waals surface area contributed by atoms with Crippen LogP contribution in [0.2, 0.25) is 0 Å². The van der Waals surface area contributed by atoms with E-state index in [1.165, 1.54) is 29.8 Å². The Bertz CT molecular complexity index is 1690. The molecule has 0 aromatic carbocycles. The van der Waals surface area contributed by atoms with Crippen molar-refractivity contribution in [1.82, 2.24) is 9.97 Å². The lowest BCUT2D eigenvalue weighted by Crippen LogP contribution is -2.12. The number of hydrogen-bond donors (Lipinski definition) is 0. The van der Waals surface area contributed by atoms with Crippen molar-refractivity contribution in [3.63, 3.8) is 0 Å². The summed E-state index contributed by atoms with van der Waals surface area (Å²) in [5.74, 6) is 1.03. The topological polar surface area (TPSA) is 116 Å². The molecule has 6 heterocycles. The van der Waals surface area contributed by atoms with Gasteiger partial charge in [0, 0.05) is 31.9 Å². The number of hydrogen-bond acceptors (Lipinski definition) is 12. The van der Waals surface area contributed by atoms with Gasteiger partial charge in [0.15, 0.2) is 11.4 Å². The van der Waals surface area contributed by atoms with E-state index in [2.05, 4.69) is 20.0 Å². The third-order valence-corrected chi connectivity index (χ3v) is 7.19. The molecule has 0 saturated heterocycles. The summed E-state index contributed by atoms with van der Waals surface area (Å²) >= 11 is 2.95. The first kappa shape index (κ1) is 27.6. The lowest BCUT2D eigenvalue weighted by Gasteiger charge is -2.13. The number of esters is 2. The predicted molar refractivity (Wildman–Crippen MR) is 159 cm³/mol. The third kappa shape index (κ3) is 6.62. The van der Waals surface area contributed by atoms with Crippen LogP contribution in [0.3, 0.4) is 0 Å². The molecule has 6 rings (SSSR count). The Labute approximate surface area is 243 Å². The number of carbonyl (C=O) groups is 2. The fraction of sp³-hybridized carbons (Fsp3) is 0.103. The molecule has 2 aliphatic heterocycles. The van der Waals surface area contributed by atoms with Gasteiger partial charge < -0.3 is 19.1 Å². The molecule has 0 bridgehead atoms. The van der Waals surface area contributed by atoms with Crippen LogP contribution in [0, 0.1) is 0 Å². The summed E-state index contributed by atoms with van der Waals surface area (Å²) in [6, 6.07) is 16.5. The van der Waals surface area contributed by atoms with Crippen molar-refractivity contribution in [2.75, 3.05) is 26.1 Å². The number of carbonyl (C=O) groups excluding carboxylic acids is 2. The summed E-state index contributed by atoms with van der Waals surface area (Å²) in [7, 11) is 5.34. The molecule has 0 radical (unpaired) electrons. The molecular weight excluding hydrogens is 562 g/mol. The number of pyridine rings is 2. The molecule has 0 spiro atoms. The van der Waals surface area contributed by atoms with Gasteiger partial charge in [0.05, 0.1) is 22.6 Å². The highest BCUT2D eigenvalue weighted by Crippen LogP contribution is 2.25. The Kier molecular flexibility index (Phi) is 8.42. The Hall–Kier alpha value is -4.94. The minimum Gasteiger partial charge on any atom is -0.481 e. The second-order valence-electron chi connectivity index (χ2n) is 8.54. The second kappa shape index (κ2) is 12.5. The largest absolute Gasteiger partial charge is 0.481 e. The van der Waals surface area contributed by atoms with Crippen LogP contribution >= 0.6 is 22.7 Å². The van der Waals surface area contributed by atoms with Gasteiger partial charge in [-0.15, -0.1) is 22.7 Å².